The first-order chi connectivity index (χ1) is 11.6. The van der Waals surface area contributed by atoms with Crippen LogP contribution in [0.25, 0.3) is 0 Å². The fraction of sp³-hybridized carbons (Fsp3) is 0.188. The van der Waals surface area contributed by atoms with Crippen molar-refractivity contribution in [3.05, 3.63) is 58.2 Å². The van der Waals surface area contributed by atoms with E-state index in [2.05, 4.69) is 5.32 Å². The Balaban J connectivity index is 0.000000251. The molecule has 1 heterocycles. The Hall–Kier alpha value is -2.61. The Morgan fingerprint density at radius 3 is 2.40 bits per heavy atom. The van der Waals surface area contributed by atoms with E-state index in [9.17, 15) is 18.0 Å². The predicted octanol–water partition coefficient (Wildman–Crippen LogP) is 4.03. The molecular formula is C16H16ClF3N4O. The summed E-state index contributed by atoms with van der Waals surface area (Å²) in [6.45, 7) is 1.65. The number of pyridine rings is 1. The molecule has 0 amide bonds. The monoisotopic (exact) mass is 372 g/mol. The molecule has 0 atom stereocenters. The van der Waals surface area contributed by atoms with Crippen LogP contribution in [0.2, 0.25) is 5.02 Å². The van der Waals surface area contributed by atoms with Gasteiger partial charge in [0.1, 0.15) is 11.3 Å². The van der Waals surface area contributed by atoms with Gasteiger partial charge in [-0.15, -0.1) is 0 Å². The van der Waals surface area contributed by atoms with Crippen molar-refractivity contribution in [3.8, 4) is 0 Å². The van der Waals surface area contributed by atoms with Crippen molar-refractivity contribution in [1.82, 2.24) is 4.57 Å². The molecule has 3 N–H and O–H groups in total. The van der Waals surface area contributed by atoms with Crippen LogP contribution in [-0.2, 0) is 6.18 Å². The molecule has 1 aromatic carbocycles. The minimum Gasteiger partial charge on any atom is -0.387 e. The number of nitrogens with zero attached hydrogens (tertiary/aromatic N) is 1. The lowest BCUT2D eigenvalue weighted by molar-refractivity contribution is -0.137. The summed E-state index contributed by atoms with van der Waals surface area (Å²) < 4.78 is 38.0. The molecule has 0 aliphatic carbocycles. The van der Waals surface area contributed by atoms with Crippen molar-refractivity contribution in [2.45, 2.75) is 13.1 Å². The minimum atomic E-state index is -4.52. The number of hydrogen-bond donors (Lipinski definition) is 3. The third kappa shape index (κ3) is 5.46. The summed E-state index contributed by atoms with van der Waals surface area (Å²) in [5.74, 6) is 0.345. The molecule has 2 rings (SSSR count). The number of anilines is 1. The zero-order chi connectivity index (χ0) is 19.2. The van der Waals surface area contributed by atoms with Gasteiger partial charge in [-0.3, -0.25) is 20.2 Å². The van der Waals surface area contributed by atoms with Crippen LogP contribution in [-0.4, -0.2) is 23.7 Å². The van der Waals surface area contributed by atoms with Gasteiger partial charge in [0.15, 0.2) is 6.29 Å². The van der Waals surface area contributed by atoms with E-state index in [-0.39, 0.29) is 11.8 Å². The summed E-state index contributed by atoms with van der Waals surface area (Å²) in [5, 5.41) is 17.2. The summed E-state index contributed by atoms with van der Waals surface area (Å²) in [6.07, 6.45) is -2.50. The number of carbonyl (C=O) groups excluding carboxylic acids is 1. The van der Waals surface area contributed by atoms with E-state index in [1.807, 2.05) is 13.1 Å². The van der Waals surface area contributed by atoms with Crippen molar-refractivity contribution < 1.29 is 18.0 Å². The normalized spacial score (nSPS) is 10.5. The maximum absolute atomic E-state index is 12.2. The van der Waals surface area contributed by atoms with Crippen LogP contribution >= 0.6 is 11.6 Å². The molecule has 5 nitrogen and oxygen atoms in total. The minimum absolute atomic E-state index is 0.156. The lowest BCUT2D eigenvalue weighted by Crippen LogP contribution is -2.23. The van der Waals surface area contributed by atoms with Crippen molar-refractivity contribution in [3.63, 3.8) is 0 Å². The lowest BCUT2D eigenvalue weighted by atomic mass is 10.1. The highest BCUT2D eigenvalue weighted by molar-refractivity contribution is 6.33. The first-order valence-corrected chi connectivity index (χ1v) is 7.31. The molecule has 0 bridgehead atoms. The van der Waals surface area contributed by atoms with Gasteiger partial charge in [0.25, 0.3) is 0 Å². The largest absolute Gasteiger partial charge is 0.417 e. The van der Waals surface area contributed by atoms with Gasteiger partial charge in [-0.25, -0.2) is 0 Å². The Bertz CT molecular complexity index is 831. The third-order valence-electron chi connectivity index (χ3n) is 3.06. The van der Waals surface area contributed by atoms with Gasteiger partial charge >= 0.3 is 6.18 Å². The number of carbonyl (C=O) groups is 1. The fourth-order valence-electron chi connectivity index (χ4n) is 1.79. The van der Waals surface area contributed by atoms with E-state index in [1.165, 1.54) is 10.6 Å². The second kappa shape index (κ2) is 8.48. The van der Waals surface area contributed by atoms with Crippen molar-refractivity contribution >= 4 is 29.4 Å². The zero-order valence-electron chi connectivity index (χ0n) is 13.4. The third-order valence-corrected chi connectivity index (χ3v) is 3.48. The molecule has 0 unspecified atom stereocenters. The number of rotatable bonds is 2. The van der Waals surface area contributed by atoms with Gasteiger partial charge in [0, 0.05) is 18.8 Å². The summed E-state index contributed by atoms with van der Waals surface area (Å²) in [5.41, 5.74) is 0.0781. The molecule has 0 saturated carbocycles. The predicted molar refractivity (Wildman–Crippen MR) is 90.5 cm³/mol. The summed E-state index contributed by atoms with van der Waals surface area (Å²) >= 11 is 5.34. The van der Waals surface area contributed by atoms with Gasteiger partial charge in [-0.05, 0) is 25.1 Å². The van der Waals surface area contributed by atoms with Crippen LogP contribution in [0.5, 0.6) is 0 Å². The number of halogens is 4. The van der Waals surface area contributed by atoms with Crippen LogP contribution in [0.15, 0.2) is 36.5 Å². The number of hydrogen-bond acceptors (Lipinski definition) is 4. The van der Waals surface area contributed by atoms with E-state index < -0.39 is 16.8 Å². The molecular weight excluding hydrogens is 357 g/mol. The van der Waals surface area contributed by atoms with E-state index in [0.29, 0.717) is 11.3 Å². The van der Waals surface area contributed by atoms with Gasteiger partial charge in [-0.2, -0.15) is 13.2 Å². The van der Waals surface area contributed by atoms with E-state index in [1.54, 1.807) is 19.2 Å². The van der Waals surface area contributed by atoms with Crippen LogP contribution in [0.4, 0.5) is 18.9 Å². The fourth-order valence-corrected chi connectivity index (χ4v) is 2.06. The van der Waals surface area contributed by atoms with Crippen LogP contribution in [0.1, 0.15) is 22.8 Å². The van der Waals surface area contributed by atoms with Gasteiger partial charge in [-0.1, -0.05) is 23.7 Å². The Labute approximate surface area is 147 Å². The Morgan fingerprint density at radius 1 is 1.28 bits per heavy atom. The summed E-state index contributed by atoms with van der Waals surface area (Å²) in [4.78, 5) is 10.3. The number of alkyl halides is 3. The molecule has 9 heteroatoms. The highest BCUT2D eigenvalue weighted by Crippen LogP contribution is 2.35. The van der Waals surface area contributed by atoms with E-state index >= 15 is 0 Å². The number of aldehydes is 1. The Kier molecular flexibility index (Phi) is 6.93. The summed E-state index contributed by atoms with van der Waals surface area (Å²) in [7, 11) is 1.81. The van der Waals surface area contributed by atoms with Gasteiger partial charge in [0.05, 0.1) is 16.3 Å². The second-order valence-corrected chi connectivity index (χ2v) is 5.21. The van der Waals surface area contributed by atoms with Crippen molar-refractivity contribution in [1.29, 1.82) is 10.8 Å². The molecule has 0 saturated heterocycles. The molecule has 0 radical (unpaired) electrons. The topological polar surface area (TPSA) is 81.7 Å². The van der Waals surface area contributed by atoms with E-state index in [0.717, 1.165) is 17.8 Å². The number of benzene rings is 1. The zero-order valence-corrected chi connectivity index (χ0v) is 14.2. The van der Waals surface area contributed by atoms with Crippen LogP contribution < -0.4 is 10.8 Å². The first-order valence-electron chi connectivity index (χ1n) is 6.93. The smallest absolute Gasteiger partial charge is 0.387 e. The molecule has 2 aromatic rings. The van der Waals surface area contributed by atoms with Gasteiger partial charge < -0.3 is 5.32 Å². The van der Waals surface area contributed by atoms with Crippen molar-refractivity contribution in [2.75, 3.05) is 12.4 Å². The average Bonchev–Trinajstić information content (AvgIpc) is 2.54. The van der Waals surface area contributed by atoms with Crippen molar-refractivity contribution in [2.24, 2.45) is 0 Å². The second-order valence-electron chi connectivity index (χ2n) is 4.83. The molecule has 25 heavy (non-hydrogen) atoms. The number of nitrogens with one attached hydrogen (secondary N) is 3. The maximum Gasteiger partial charge on any atom is 0.417 e. The van der Waals surface area contributed by atoms with E-state index in [4.69, 9.17) is 22.4 Å². The lowest BCUT2D eigenvalue weighted by Gasteiger charge is -2.08. The average molecular weight is 373 g/mol. The molecule has 0 aliphatic heterocycles. The molecule has 134 valence electrons. The van der Waals surface area contributed by atoms with Crippen LogP contribution in [0.3, 0.4) is 0 Å². The Morgan fingerprint density at radius 2 is 1.92 bits per heavy atom. The SMILES string of the molecule is CNc1ccc(=N)n(C(C)=N)c1.O=Cc1cccc(C(F)(F)F)c1Cl. The quantitative estimate of drug-likeness (QED) is 0.422. The molecule has 0 aliphatic rings. The molecule has 0 spiro atoms. The first kappa shape index (κ1) is 20.4. The molecule has 0 fully saturated rings. The standard InChI is InChI=1S/C8H4ClF3O.C8H12N4/c9-7-5(4-13)2-1-3-6(7)8(10,11)12;1-6(9)12-5-7(11-2)3-4-8(12)10/h1-4H;3-5,9-11H,1-2H3. The maximum atomic E-state index is 12.2. The van der Waals surface area contributed by atoms with Gasteiger partial charge in [0.2, 0.25) is 0 Å². The molecule has 1 aromatic heterocycles. The highest BCUT2D eigenvalue weighted by Gasteiger charge is 2.33. The van der Waals surface area contributed by atoms with Crippen LogP contribution in [0, 0.1) is 10.8 Å². The number of aromatic nitrogens is 1. The summed E-state index contributed by atoms with van der Waals surface area (Å²) in [6, 6.07) is 6.66. The highest BCUT2D eigenvalue weighted by atomic mass is 35.5.